The quantitative estimate of drug-likeness (QED) is 0.866. The zero-order valence-electron chi connectivity index (χ0n) is 13.2. The first-order valence-electron chi connectivity index (χ1n) is 7.90. The Bertz CT molecular complexity index is 700. The number of anilines is 1. The summed E-state index contributed by atoms with van der Waals surface area (Å²) in [7, 11) is 0. The van der Waals surface area contributed by atoms with E-state index in [1.165, 1.54) is 12.1 Å². The van der Waals surface area contributed by atoms with Gasteiger partial charge in [-0.15, -0.1) is 0 Å². The van der Waals surface area contributed by atoms with Gasteiger partial charge in [0.15, 0.2) is 0 Å². The molecule has 0 spiro atoms. The molecule has 1 aliphatic heterocycles. The molecule has 1 aliphatic rings. The van der Waals surface area contributed by atoms with E-state index in [2.05, 4.69) is 26.1 Å². The lowest BCUT2D eigenvalue weighted by atomic mass is 10.2. The summed E-state index contributed by atoms with van der Waals surface area (Å²) in [5, 5.41) is 2.96. The molecule has 0 aromatic heterocycles. The minimum absolute atomic E-state index is 0.0514. The van der Waals surface area contributed by atoms with Crippen LogP contribution in [0.15, 0.2) is 53.0 Å². The molecule has 2 amide bonds. The number of nitrogens with zero attached hydrogens (tertiary/aromatic N) is 2. The zero-order chi connectivity index (χ0) is 16.9. The van der Waals surface area contributed by atoms with Gasteiger partial charge in [0.2, 0.25) is 0 Å². The highest BCUT2D eigenvalue weighted by atomic mass is 79.9. The molecule has 1 saturated heterocycles. The lowest BCUT2D eigenvalue weighted by molar-refractivity contribution is 0.194. The summed E-state index contributed by atoms with van der Waals surface area (Å²) in [4.78, 5) is 16.3. The van der Waals surface area contributed by atoms with Gasteiger partial charge in [-0.3, -0.25) is 0 Å². The monoisotopic (exact) mass is 391 g/mol. The standard InChI is InChI=1S/C18H19BrFN3O/c19-17-4-2-1-3-14(17)13-21-18(24)23-11-9-22(10-12-23)16-7-5-15(20)6-8-16/h1-8H,9-13H2,(H,21,24). The summed E-state index contributed by atoms with van der Waals surface area (Å²) in [5.41, 5.74) is 2.04. The molecule has 0 aliphatic carbocycles. The summed E-state index contributed by atoms with van der Waals surface area (Å²) in [6.45, 7) is 3.29. The first kappa shape index (κ1) is 16.8. The lowest BCUT2D eigenvalue weighted by Gasteiger charge is -2.36. The Morgan fingerprint density at radius 2 is 1.71 bits per heavy atom. The van der Waals surface area contributed by atoms with Gasteiger partial charge in [0, 0.05) is 42.9 Å². The average molecular weight is 392 g/mol. The SMILES string of the molecule is O=C(NCc1ccccc1Br)N1CCN(c2ccc(F)cc2)CC1. The van der Waals surface area contributed by atoms with Crippen molar-refractivity contribution >= 4 is 27.6 Å². The maximum atomic E-state index is 13.0. The molecule has 2 aromatic carbocycles. The third-order valence-corrected chi connectivity index (χ3v) is 4.92. The van der Waals surface area contributed by atoms with Crippen LogP contribution in [0.3, 0.4) is 0 Å². The van der Waals surface area contributed by atoms with Crippen LogP contribution in [0.5, 0.6) is 0 Å². The van der Waals surface area contributed by atoms with Gasteiger partial charge in [0.05, 0.1) is 0 Å². The molecule has 1 N–H and O–H groups in total. The number of piperazine rings is 1. The van der Waals surface area contributed by atoms with Crippen LogP contribution in [-0.4, -0.2) is 37.1 Å². The maximum absolute atomic E-state index is 13.0. The third kappa shape index (κ3) is 4.06. The predicted molar refractivity (Wildman–Crippen MR) is 96.6 cm³/mol. The fraction of sp³-hybridized carbons (Fsp3) is 0.278. The molecule has 1 fully saturated rings. The summed E-state index contributed by atoms with van der Waals surface area (Å²) in [6.07, 6.45) is 0. The second-order valence-electron chi connectivity index (χ2n) is 5.70. The molecule has 126 valence electrons. The molecule has 0 radical (unpaired) electrons. The Hall–Kier alpha value is -2.08. The second-order valence-corrected chi connectivity index (χ2v) is 6.55. The molecule has 4 nitrogen and oxygen atoms in total. The highest BCUT2D eigenvalue weighted by Gasteiger charge is 2.21. The summed E-state index contributed by atoms with van der Waals surface area (Å²) in [5.74, 6) is -0.233. The number of carbonyl (C=O) groups is 1. The van der Waals surface area contributed by atoms with Crippen molar-refractivity contribution in [1.82, 2.24) is 10.2 Å². The smallest absolute Gasteiger partial charge is 0.317 e. The molecule has 1 heterocycles. The Morgan fingerprint density at radius 3 is 2.38 bits per heavy atom. The van der Waals surface area contributed by atoms with Gasteiger partial charge in [0.1, 0.15) is 5.82 Å². The first-order chi connectivity index (χ1) is 11.6. The molecule has 0 saturated carbocycles. The largest absolute Gasteiger partial charge is 0.368 e. The van der Waals surface area contributed by atoms with E-state index in [-0.39, 0.29) is 11.8 Å². The number of nitrogens with one attached hydrogen (secondary N) is 1. The molecular formula is C18H19BrFN3O. The van der Waals surface area contributed by atoms with Crippen molar-refractivity contribution in [2.24, 2.45) is 0 Å². The number of rotatable bonds is 3. The van der Waals surface area contributed by atoms with Crippen molar-refractivity contribution in [3.05, 3.63) is 64.4 Å². The van der Waals surface area contributed by atoms with Crippen molar-refractivity contribution in [3.63, 3.8) is 0 Å². The zero-order valence-corrected chi connectivity index (χ0v) is 14.8. The van der Waals surface area contributed by atoms with E-state index < -0.39 is 0 Å². The van der Waals surface area contributed by atoms with Gasteiger partial charge in [0.25, 0.3) is 0 Å². The highest BCUT2D eigenvalue weighted by Crippen LogP contribution is 2.18. The van der Waals surface area contributed by atoms with Crippen LogP contribution in [-0.2, 0) is 6.54 Å². The molecule has 2 aromatic rings. The number of urea groups is 1. The van der Waals surface area contributed by atoms with E-state index in [9.17, 15) is 9.18 Å². The molecule has 6 heteroatoms. The summed E-state index contributed by atoms with van der Waals surface area (Å²) in [6, 6.07) is 14.3. The van der Waals surface area contributed by atoms with Crippen LogP contribution in [0, 0.1) is 5.82 Å². The molecule has 0 bridgehead atoms. The van der Waals surface area contributed by atoms with Crippen LogP contribution in [0.4, 0.5) is 14.9 Å². The van der Waals surface area contributed by atoms with Gasteiger partial charge >= 0.3 is 6.03 Å². The Labute approximate surface area is 149 Å². The fourth-order valence-electron chi connectivity index (χ4n) is 2.74. The fourth-order valence-corrected chi connectivity index (χ4v) is 3.17. The molecular weight excluding hydrogens is 373 g/mol. The molecule has 24 heavy (non-hydrogen) atoms. The molecule has 3 rings (SSSR count). The number of hydrogen-bond acceptors (Lipinski definition) is 2. The van der Waals surface area contributed by atoms with Crippen LogP contribution >= 0.6 is 15.9 Å². The van der Waals surface area contributed by atoms with Crippen molar-refractivity contribution in [2.45, 2.75) is 6.54 Å². The van der Waals surface area contributed by atoms with E-state index in [0.717, 1.165) is 28.8 Å². The summed E-state index contributed by atoms with van der Waals surface area (Å²) >= 11 is 3.48. The van der Waals surface area contributed by atoms with Crippen molar-refractivity contribution < 1.29 is 9.18 Å². The van der Waals surface area contributed by atoms with Gasteiger partial charge in [-0.05, 0) is 35.9 Å². The first-order valence-corrected chi connectivity index (χ1v) is 8.69. The van der Waals surface area contributed by atoms with Gasteiger partial charge in [-0.1, -0.05) is 34.1 Å². The van der Waals surface area contributed by atoms with E-state index in [0.29, 0.717) is 19.6 Å². The predicted octanol–water partition coefficient (Wildman–Crippen LogP) is 3.62. The van der Waals surface area contributed by atoms with Crippen LogP contribution in [0.1, 0.15) is 5.56 Å². The number of benzene rings is 2. The summed E-state index contributed by atoms with van der Waals surface area (Å²) < 4.78 is 14.0. The average Bonchev–Trinajstić information content (AvgIpc) is 2.62. The minimum atomic E-state index is -0.233. The number of hydrogen-bond donors (Lipinski definition) is 1. The topological polar surface area (TPSA) is 35.6 Å². The molecule has 0 unspecified atom stereocenters. The van der Waals surface area contributed by atoms with Gasteiger partial charge < -0.3 is 15.1 Å². The minimum Gasteiger partial charge on any atom is -0.368 e. The normalized spacial score (nSPS) is 14.6. The number of carbonyl (C=O) groups excluding carboxylic acids is 1. The van der Waals surface area contributed by atoms with E-state index in [4.69, 9.17) is 0 Å². The maximum Gasteiger partial charge on any atom is 0.317 e. The van der Waals surface area contributed by atoms with Crippen LogP contribution < -0.4 is 10.2 Å². The van der Waals surface area contributed by atoms with Crippen molar-refractivity contribution in [3.8, 4) is 0 Å². The van der Waals surface area contributed by atoms with Gasteiger partial charge in [-0.2, -0.15) is 0 Å². The van der Waals surface area contributed by atoms with Crippen molar-refractivity contribution in [1.29, 1.82) is 0 Å². The lowest BCUT2D eigenvalue weighted by Crippen LogP contribution is -2.51. The van der Waals surface area contributed by atoms with Crippen molar-refractivity contribution in [2.75, 3.05) is 31.1 Å². The number of halogens is 2. The van der Waals surface area contributed by atoms with Gasteiger partial charge in [-0.25, -0.2) is 9.18 Å². The van der Waals surface area contributed by atoms with E-state index in [1.807, 2.05) is 29.2 Å². The second kappa shape index (κ2) is 7.66. The Morgan fingerprint density at radius 1 is 1.04 bits per heavy atom. The Balaban J connectivity index is 1.50. The van der Waals surface area contributed by atoms with E-state index >= 15 is 0 Å². The highest BCUT2D eigenvalue weighted by molar-refractivity contribution is 9.10. The molecule has 0 atom stereocenters. The number of amides is 2. The Kier molecular flexibility index (Phi) is 5.35. The van der Waals surface area contributed by atoms with E-state index in [1.54, 1.807) is 12.1 Å². The third-order valence-electron chi connectivity index (χ3n) is 4.15. The van der Waals surface area contributed by atoms with Crippen LogP contribution in [0.25, 0.3) is 0 Å². The van der Waals surface area contributed by atoms with Crippen LogP contribution in [0.2, 0.25) is 0 Å².